The second-order valence-electron chi connectivity index (χ2n) is 3.93. The van der Waals surface area contributed by atoms with Gasteiger partial charge in [0.1, 0.15) is 10.8 Å². The van der Waals surface area contributed by atoms with Crippen molar-refractivity contribution in [3.05, 3.63) is 35.1 Å². The van der Waals surface area contributed by atoms with Gasteiger partial charge in [-0.3, -0.25) is 0 Å². The van der Waals surface area contributed by atoms with Gasteiger partial charge in [0.15, 0.2) is 0 Å². The fraction of sp³-hybridized carbons (Fsp3) is 0.462. The monoisotopic (exact) mass is 255 g/mol. The molecule has 0 aliphatic carbocycles. The van der Waals surface area contributed by atoms with Crippen LogP contribution in [0.5, 0.6) is 0 Å². The highest BCUT2D eigenvalue weighted by molar-refractivity contribution is 7.80. The molecule has 4 heteroatoms. The van der Waals surface area contributed by atoms with Crippen molar-refractivity contribution in [3.8, 4) is 0 Å². The van der Waals surface area contributed by atoms with Gasteiger partial charge in [0.25, 0.3) is 0 Å². The summed E-state index contributed by atoms with van der Waals surface area (Å²) < 4.78 is 18.9. The van der Waals surface area contributed by atoms with Gasteiger partial charge in [0, 0.05) is 17.7 Å². The molecule has 0 saturated heterocycles. The van der Waals surface area contributed by atoms with Gasteiger partial charge in [0.05, 0.1) is 6.61 Å². The maximum absolute atomic E-state index is 13.4. The van der Waals surface area contributed by atoms with Crippen molar-refractivity contribution >= 4 is 17.2 Å². The first-order valence-corrected chi connectivity index (χ1v) is 6.22. The molecule has 0 saturated carbocycles. The van der Waals surface area contributed by atoms with Gasteiger partial charge in [0.2, 0.25) is 0 Å². The van der Waals surface area contributed by atoms with Crippen LogP contribution in [0.1, 0.15) is 37.3 Å². The molecular formula is C13H18FNOS. The fourth-order valence-electron chi connectivity index (χ4n) is 1.47. The Morgan fingerprint density at radius 2 is 2.18 bits per heavy atom. The van der Waals surface area contributed by atoms with Gasteiger partial charge in [-0.05, 0) is 24.6 Å². The number of halogens is 1. The molecule has 0 atom stereocenters. The van der Waals surface area contributed by atoms with Crippen LogP contribution in [0.15, 0.2) is 18.2 Å². The Morgan fingerprint density at radius 1 is 1.41 bits per heavy atom. The van der Waals surface area contributed by atoms with E-state index in [4.69, 9.17) is 22.7 Å². The third kappa shape index (κ3) is 4.79. The lowest BCUT2D eigenvalue weighted by atomic mass is 10.1. The predicted octanol–water partition coefficient (Wildman–Crippen LogP) is 3.17. The Labute approximate surface area is 107 Å². The number of benzene rings is 1. The average Bonchev–Trinajstić information content (AvgIpc) is 2.30. The summed E-state index contributed by atoms with van der Waals surface area (Å²) >= 11 is 4.85. The van der Waals surface area contributed by atoms with Gasteiger partial charge < -0.3 is 10.5 Å². The van der Waals surface area contributed by atoms with Gasteiger partial charge in [-0.2, -0.15) is 0 Å². The zero-order chi connectivity index (χ0) is 12.7. The summed E-state index contributed by atoms with van der Waals surface area (Å²) in [5, 5.41) is 0. The molecule has 17 heavy (non-hydrogen) atoms. The standard InChI is InChI=1S/C13H18FNOS/c1-2-3-4-7-16-9-11-8-10(13(15)17)5-6-12(11)14/h5-6,8H,2-4,7,9H2,1H3,(H2,15,17). The third-order valence-electron chi connectivity index (χ3n) is 2.48. The van der Waals surface area contributed by atoms with E-state index in [1.165, 1.54) is 6.07 Å². The fourth-order valence-corrected chi connectivity index (χ4v) is 1.60. The summed E-state index contributed by atoms with van der Waals surface area (Å²) in [7, 11) is 0. The highest BCUT2D eigenvalue weighted by Gasteiger charge is 2.05. The lowest BCUT2D eigenvalue weighted by Gasteiger charge is -2.07. The molecule has 1 aromatic carbocycles. The summed E-state index contributed by atoms with van der Waals surface area (Å²) in [5.74, 6) is -0.277. The summed E-state index contributed by atoms with van der Waals surface area (Å²) in [6.45, 7) is 3.06. The molecule has 0 heterocycles. The molecule has 1 aromatic rings. The zero-order valence-electron chi connectivity index (χ0n) is 10.0. The van der Waals surface area contributed by atoms with Gasteiger partial charge in [-0.25, -0.2) is 4.39 Å². The van der Waals surface area contributed by atoms with E-state index < -0.39 is 0 Å². The summed E-state index contributed by atoms with van der Waals surface area (Å²) in [6.07, 6.45) is 3.29. The van der Waals surface area contributed by atoms with Crippen molar-refractivity contribution < 1.29 is 9.13 Å². The highest BCUT2D eigenvalue weighted by atomic mass is 32.1. The number of thiocarbonyl (C=S) groups is 1. The van der Waals surface area contributed by atoms with Crippen LogP contribution in [0.2, 0.25) is 0 Å². The van der Waals surface area contributed by atoms with E-state index in [1.54, 1.807) is 12.1 Å². The van der Waals surface area contributed by atoms with Crippen molar-refractivity contribution in [1.82, 2.24) is 0 Å². The molecule has 0 fully saturated rings. The third-order valence-corrected chi connectivity index (χ3v) is 2.72. The Hall–Kier alpha value is -1.00. The summed E-state index contributed by atoms with van der Waals surface area (Å²) in [4.78, 5) is 0.275. The molecule has 0 spiro atoms. The van der Waals surface area contributed by atoms with Crippen molar-refractivity contribution in [3.63, 3.8) is 0 Å². The minimum absolute atomic E-state index is 0.270. The molecule has 0 radical (unpaired) electrons. The number of hydrogen-bond acceptors (Lipinski definition) is 2. The van der Waals surface area contributed by atoms with Gasteiger partial charge in [-0.15, -0.1) is 0 Å². The predicted molar refractivity (Wildman–Crippen MR) is 71.5 cm³/mol. The van der Waals surface area contributed by atoms with Gasteiger partial charge in [-0.1, -0.05) is 32.0 Å². The van der Waals surface area contributed by atoms with Crippen LogP contribution in [-0.4, -0.2) is 11.6 Å². The van der Waals surface area contributed by atoms with E-state index in [9.17, 15) is 4.39 Å². The highest BCUT2D eigenvalue weighted by Crippen LogP contribution is 2.12. The zero-order valence-corrected chi connectivity index (χ0v) is 10.9. The first kappa shape index (κ1) is 14.1. The van der Waals surface area contributed by atoms with Crippen molar-refractivity contribution in [2.45, 2.75) is 32.8 Å². The van der Waals surface area contributed by atoms with E-state index in [2.05, 4.69) is 6.92 Å². The number of unbranched alkanes of at least 4 members (excludes halogenated alkanes) is 2. The molecule has 0 aromatic heterocycles. The first-order valence-electron chi connectivity index (χ1n) is 5.81. The first-order chi connectivity index (χ1) is 8.15. The molecule has 1 rings (SSSR count). The second kappa shape index (κ2) is 7.35. The van der Waals surface area contributed by atoms with Crippen molar-refractivity contribution in [2.24, 2.45) is 5.73 Å². The molecular weight excluding hydrogens is 237 g/mol. The van der Waals surface area contributed by atoms with E-state index in [-0.39, 0.29) is 17.4 Å². The SMILES string of the molecule is CCCCCOCc1cc(C(N)=S)ccc1F. The van der Waals surface area contributed by atoms with Crippen LogP contribution >= 0.6 is 12.2 Å². The minimum atomic E-state index is -0.277. The largest absolute Gasteiger partial charge is 0.389 e. The smallest absolute Gasteiger partial charge is 0.128 e. The molecule has 2 nitrogen and oxygen atoms in total. The minimum Gasteiger partial charge on any atom is -0.389 e. The Morgan fingerprint density at radius 3 is 2.82 bits per heavy atom. The van der Waals surface area contributed by atoms with E-state index in [0.717, 1.165) is 19.3 Å². The quantitative estimate of drug-likeness (QED) is 0.600. The Kier molecular flexibility index (Phi) is 6.08. The second-order valence-corrected chi connectivity index (χ2v) is 4.37. The summed E-state index contributed by atoms with van der Waals surface area (Å²) in [6, 6.07) is 4.61. The molecule has 2 N–H and O–H groups in total. The van der Waals surface area contributed by atoms with Crippen LogP contribution in [0.4, 0.5) is 4.39 Å². The van der Waals surface area contributed by atoms with E-state index in [1.807, 2.05) is 0 Å². The molecule has 0 unspecified atom stereocenters. The number of hydrogen-bond donors (Lipinski definition) is 1. The van der Waals surface area contributed by atoms with Crippen molar-refractivity contribution in [1.29, 1.82) is 0 Å². The van der Waals surface area contributed by atoms with Crippen LogP contribution in [-0.2, 0) is 11.3 Å². The van der Waals surface area contributed by atoms with Crippen LogP contribution in [0, 0.1) is 5.82 Å². The maximum Gasteiger partial charge on any atom is 0.128 e. The Balaban J connectivity index is 2.51. The van der Waals surface area contributed by atoms with Crippen LogP contribution < -0.4 is 5.73 Å². The molecule has 94 valence electrons. The molecule has 0 aliphatic rings. The van der Waals surface area contributed by atoms with Crippen molar-refractivity contribution in [2.75, 3.05) is 6.61 Å². The average molecular weight is 255 g/mol. The topological polar surface area (TPSA) is 35.2 Å². The normalized spacial score (nSPS) is 10.5. The number of ether oxygens (including phenoxy) is 1. The molecule has 0 bridgehead atoms. The van der Waals surface area contributed by atoms with E-state index >= 15 is 0 Å². The summed E-state index contributed by atoms with van der Waals surface area (Å²) in [5.41, 5.74) is 6.68. The van der Waals surface area contributed by atoms with Crippen LogP contribution in [0.3, 0.4) is 0 Å². The number of rotatable bonds is 7. The maximum atomic E-state index is 13.4. The molecule has 0 aliphatic heterocycles. The van der Waals surface area contributed by atoms with Crippen LogP contribution in [0.25, 0.3) is 0 Å². The molecule has 0 amide bonds. The Bertz CT molecular complexity index is 382. The van der Waals surface area contributed by atoms with Gasteiger partial charge >= 0.3 is 0 Å². The lowest BCUT2D eigenvalue weighted by Crippen LogP contribution is -2.10. The number of nitrogens with two attached hydrogens (primary N) is 1. The lowest BCUT2D eigenvalue weighted by molar-refractivity contribution is 0.115. The van der Waals surface area contributed by atoms with E-state index in [0.29, 0.717) is 17.7 Å².